The lowest BCUT2D eigenvalue weighted by Crippen LogP contribution is -2.42. The van der Waals surface area contributed by atoms with Gasteiger partial charge in [0.15, 0.2) is 0 Å². The monoisotopic (exact) mass is 290 g/mol. The SMILES string of the molecule is COC(=O)c1cc(N)cnc1NC1CCN2CCCCC12. The zero-order valence-corrected chi connectivity index (χ0v) is 12.3. The van der Waals surface area contributed by atoms with E-state index in [1.165, 1.54) is 32.9 Å². The van der Waals surface area contributed by atoms with E-state index >= 15 is 0 Å². The molecule has 2 aliphatic heterocycles. The van der Waals surface area contributed by atoms with E-state index in [0.717, 1.165) is 13.0 Å². The molecule has 6 heteroatoms. The second kappa shape index (κ2) is 5.89. The molecular weight excluding hydrogens is 268 g/mol. The third-order valence-corrected chi connectivity index (χ3v) is 4.49. The average molecular weight is 290 g/mol. The topological polar surface area (TPSA) is 80.5 Å². The summed E-state index contributed by atoms with van der Waals surface area (Å²) in [6.45, 7) is 2.30. The minimum absolute atomic E-state index is 0.338. The molecule has 0 bridgehead atoms. The third-order valence-electron chi connectivity index (χ3n) is 4.49. The molecule has 0 aliphatic carbocycles. The summed E-state index contributed by atoms with van der Waals surface area (Å²) in [5.41, 5.74) is 6.60. The number of nitrogens with one attached hydrogen (secondary N) is 1. The van der Waals surface area contributed by atoms with Gasteiger partial charge < -0.3 is 15.8 Å². The van der Waals surface area contributed by atoms with Crippen LogP contribution in [-0.4, -0.2) is 48.1 Å². The fourth-order valence-electron chi connectivity index (χ4n) is 3.45. The number of esters is 1. The number of nitrogens with zero attached hydrogens (tertiary/aromatic N) is 2. The number of hydrogen-bond donors (Lipinski definition) is 2. The van der Waals surface area contributed by atoms with Crippen molar-refractivity contribution in [3.63, 3.8) is 0 Å². The fourth-order valence-corrected chi connectivity index (χ4v) is 3.45. The number of pyridine rings is 1. The molecule has 2 atom stereocenters. The smallest absolute Gasteiger partial charge is 0.341 e. The van der Waals surface area contributed by atoms with Crippen molar-refractivity contribution in [2.45, 2.75) is 37.8 Å². The maximum Gasteiger partial charge on any atom is 0.341 e. The van der Waals surface area contributed by atoms with Gasteiger partial charge in [0.25, 0.3) is 0 Å². The highest BCUT2D eigenvalue weighted by molar-refractivity contribution is 5.95. The Hall–Kier alpha value is -1.82. The quantitative estimate of drug-likeness (QED) is 0.821. The average Bonchev–Trinajstić information content (AvgIpc) is 2.91. The van der Waals surface area contributed by atoms with Gasteiger partial charge in [0.2, 0.25) is 0 Å². The van der Waals surface area contributed by atoms with Crippen LogP contribution in [0, 0.1) is 0 Å². The molecule has 21 heavy (non-hydrogen) atoms. The van der Waals surface area contributed by atoms with Crippen LogP contribution in [0.5, 0.6) is 0 Å². The van der Waals surface area contributed by atoms with E-state index in [4.69, 9.17) is 10.5 Å². The predicted molar refractivity (Wildman–Crippen MR) is 81.2 cm³/mol. The number of methoxy groups -OCH3 is 1. The van der Waals surface area contributed by atoms with E-state index < -0.39 is 5.97 Å². The lowest BCUT2D eigenvalue weighted by atomic mass is 9.99. The van der Waals surface area contributed by atoms with Crippen molar-refractivity contribution >= 4 is 17.5 Å². The number of nitrogen functional groups attached to an aromatic ring is 1. The van der Waals surface area contributed by atoms with Crippen molar-refractivity contribution in [1.82, 2.24) is 9.88 Å². The number of ether oxygens (including phenoxy) is 1. The summed E-state index contributed by atoms with van der Waals surface area (Å²) >= 11 is 0. The minimum Gasteiger partial charge on any atom is -0.465 e. The first-order valence-electron chi connectivity index (χ1n) is 7.53. The van der Waals surface area contributed by atoms with E-state index in [0.29, 0.717) is 29.2 Å². The van der Waals surface area contributed by atoms with Crippen LogP contribution in [0.15, 0.2) is 12.3 Å². The van der Waals surface area contributed by atoms with Crippen LogP contribution < -0.4 is 11.1 Å². The second-order valence-corrected chi connectivity index (χ2v) is 5.80. The van der Waals surface area contributed by atoms with Crippen LogP contribution in [0.3, 0.4) is 0 Å². The largest absolute Gasteiger partial charge is 0.465 e. The van der Waals surface area contributed by atoms with Gasteiger partial charge in [0.1, 0.15) is 11.4 Å². The molecule has 2 aliphatic rings. The molecule has 114 valence electrons. The molecule has 1 aromatic heterocycles. The van der Waals surface area contributed by atoms with Crippen molar-refractivity contribution < 1.29 is 9.53 Å². The number of aromatic nitrogens is 1. The van der Waals surface area contributed by atoms with E-state index in [1.807, 2.05) is 0 Å². The zero-order valence-electron chi connectivity index (χ0n) is 12.3. The standard InChI is InChI=1S/C15H22N4O2/c1-21-15(20)11-8-10(16)9-17-14(11)18-12-5-7-19-6-3-2-4-13(12)19/h8-9,12-13H,2-7,16H2,1H3,(H,17,18). The van der Waals surface area contributed by atoms with Gasteiger partial charge in [-0.05, 0) is 31.9 Å². The van der Waals surface area contributed by atoms with E-state index in [9.17, 15) is 4.79 Å². The van der Waals surface area contributed by atoms with Crippen LogP contribution in [0.25, 0.3) is 0 Å². The summed E-state index contributed by atoms with van der Waals surface area (Å²) in [5.74, 6) is 0.171. The van der Waals surface area contributed by atoms with Gasteiger partial charge in [-0.1, -0.05) is 6.42 Å². The van der Waals surface area contributed by atoms with Gasteiger partial charge in [-0.15, -0.1) is 0 Å². The zero-order chi connectivity index (χ0) is 14.8. The molecule has 0 radical (unpaired) electrons. The normalized spacial score (nSPS) is 25.4. The number of carbonyl (C=O) groups is 1. The highest BCUT2D eigenvalue weighted by Gasteiger charge is 2.36. The number of fused-ring (bicyclic) bond motifs is 1. The van der Waals surface area contributed by atoms with Crippen LogP contribution >= 0.6 is 0 Å². The van der Waals surface area contributed by atoms with Crippen LogP contribution in [-0.2, 0) is 4.74 Å². The molecular formula is C15H22N4O2. The predicted octanol–water partition coefficient (Wildman–Crippen LogP) is 1.49. The van der Waals surface area contributed by atoms with Crippen LogP contribution in [0.4, 0.5) is 11.5 Å². The van der Waals surface area contributed by atoms with E-state index in [-0.39, 0.29) is 0 Å². The summed E-state index contributed by atoms with van der Waals surface area (Å²) in [5, 5.41) is 3.44. The highest BCUT2D eigenvalue weighted by atomic mass is 16.5. The Labute approximate surface area is 124 Å². The van der Waals surface area contributed by atoms with Gasteiger partial charge in [-0.2, -0.15) is 0 Å². The molecule has 2 fully saturated rings. The molecule has 0 aromatic carbocycles. The molecule has 2 saturated heterocycles. The number of carbonyl (C=O) groups excluding carboxylic acids is 1. The number of rotatable bonds is 3. The first-order chi connectivity index (χ1) is 10.2. The summed E-state index contributed by atoms with van der Waals surface area (Å²) < 4.78 is 4.82. The fraction of sp³-hybridized carbons (Fsp3) is 0.600. The summed E-state index contributed by atoms with van der Waals surface area (Å²) in [7, 11) is 1.37. The van der Waals surface area contributed by atoms with E-state index in [1.54, 1.807) is 12.3 Å². The molecule has 1 aromatic rings. The van der Waals surface area contributed by atoms with Crippen LogP contribution in [0.1, 0.15) is 36.0 Å². The molecule has 0 spiro atoms. The van der Waals surface area contributed by atoms with E-state index in [2.05, 4.69) is 15.2 Å². The van der Waals surface area contributed by atoms with Gasteiger partial charge in [-0.25, -0.2) is 9.78 Å². The first-order valence-corrected chi connectivity index (χ1v) is 7.53. The Morgan fingerprint density at radius 3 is 3.10 bits per heavy atom. The number of piperidine rings is 1. The van der Waals surface area contributed by atoms with Gasteiger partial charge in [-0.3, -0.25) is 4.90 Å². The summed E-state index contributed by atoms with van der Waals surface area (Å²) in [4.78, 5) is 18.7. The highest BCUT2D eigenvalue weighted by Crippen LogP contribution is 2.30. The van der Waals surface area contributed by atoms with Gasteiger partial charge >= 0.3 is 5.97 Å². The molecule has 0 saturated carbocycles. The van der Waals surface area contributed by atoms with Crippen LogP contribution in [0.2, 0.25) is 0 Å². The second-order valence-electron chi connectivity index (χ2n) is 5.80. The third kappa shape index (κ3) is 2.81. The Morgan fingerprint density at radius 2 is 2.29 bits per heavy atom. The van der Waals surface area contributed by atoms with Gasteiger partial charge in [0.05, 0.1) is 19.0 Å². The van der Waals surface area contributed by atoms with Crippen molar-refractivity contribution in [3.8, 4) is 0 Å². The summed E-state index contributed by atoms with van der Waals surface area (Å²) in [6.07, 6.45) is 6.43. The molecule has 6 nitrogen and oxygen atoms in total. The number of nitrogens with two attached hydrogens (primary N) is 1. The van der Waals surface area contributed by atoms with Crippen molar-refractivity contribution in [1.29, 1.82) is 0 Å². The maximum atomic E-state index is 11.9. The number of hydrogen-bond acceptors (Lipinski definition) is 6. The minimum atomic E-state index is -0.407. The Morgan fingerprint density at radius 1 is 1.43 bits per heavy atom. The maximum absolute atomic E-state index is 11.9. The molecule has 3 rings (SSSR count). The van der Waals surface area contributed by atoms with Crippen molar-refractivity contribution in [2.24, 2.45) is 0 Å². The molecule has 0 amide bonds. The Balaban J connectivity index is 1.80. The van der Waals surface area contributed by atoms with Gasteiger partial charge in [0, 0.05) is 18.6 Å². The molecule has 3 heterocycles. The first kappa shape index (κ1) is 14.1. The Bertz CT molecular complexity index is 534. The Kier molecular flexibility index (Phi) is 3.96. The summed E-state index contributed by atoms with van der Waals surface area (Å²) in [6, 6.07) is 2.50. The van der Waals surface area contributed by atoms with Crippen molar-refractivity contribution in [2.75, 3.05) is 31.2 Å². The van der Waals surface area contributed by atoms with Crippen molar-refractivity contribution in [3.05, 3.63) is 17.8 Å². The molecule has 3 N–H and O–H groups in total. The molecule has 2 unspecified atom stereocenters. The lowest BCUT2D eigenvalue weighted by molar-refractivity contribution is 0.0601. The lowest BCUT2D eigenvalue weighted by Gasteiger charge is -2.32. The number of anilines is 2.